The maximum atomic E-state index is 13.0. The van der Waals surface area contributed by atoms with Crippen molar-refractivity contribution in [2.24, 2.45) is 11.8 Å². The zero-order chi connectivity index (χ0) is 22.5. The average molecular weight is 442 g/mol. The Bertz CT molecular complexity index is 967. The summed E-state index contributed by atoms with van der Waals surface area (Å²) in [4.78, 5) is 38.4. The molecule has 1 saturated heterocycles. The van der Waals surface area contributed by atoms with Crippen molar-refractivity contribution in [1.29, 1.82) is 0 Å². The lowest BCUT2D eigenvalue weighted by Gasteiger charge is -2.35. The number of nitrogens with one attached hydrogen (secondary N) is 1. The number of nitrogens with zero attached hydrogens (tertiary/aromatic N) is 2. The van der Waals surface area contributed by atoms with Gasteiger partial charge in [0.05, 0.1) is 10.7 Å². The maximum Gasteiger partial charge on any atom is 0.269 e. The first-order valence-corrected chi connectivity index (χ1v) is 11.3. The maximum absolute atomic E-state index is 13.0. The molecule has 0 saturated carbocycles. The number of piperidine rings is 1. The molecule has 3 rings (SSSR count). The lowest BCUT2D eigenvalue weighted by atomic mass is 9.91. The van der Waals surface area contributed by atoms with E-state index in [1.165, 1.54) is 23.9 Å². The van der Waals surface area contributed by atoms with Crippen molar-refractivity contribution in [3.8, 4) is 0 Å². The molecule has 2 amide bonds. The van der Waals surface area contributed by atoms with Crippen LogP contribution in [0, 0.1) is 28.9 Å². The number of hydrogen-bond donors (Lipinski definition) is 1. The highest BCUT2D eigenvalue weighted by atomic mass is 32.2. The van der Waals surface area contributed by atoms with Crippen LogP contribution in [0.15, 0.2) is 47.4 Å². The van der Waals surface area contributed by atoms with Gasteiger partial charge in [0.2, 0.25) is 5.91 Å². The molecule has 1 N–H and O–H groups in total. The van der Waals surface area contributed by atoms with Crippen LogP contribution in [-0.4, -0.2) is 40.5 Å². The van der Waals surface area contributed by atoms with Gasteiger partial charge < -0.3 is 10.2 Å². The average Bonchev–Trinajstić information content (AvgIpc) is 2.73. The van der Waals surface area contributed by atoms with Gasteiger partial charge in [0, 0.05) is 41.4 Å². The van der Waals surface area contributed by atoms with Crippen LogP contribution in [-0.2, 0) is 4.79 Å². The summed E-state index contributed by atoms with van der Waals surface area (Å²) < 4.78 is 0. The van der Waals surface area contributed by atoms with Gasteiger partial charge in [-0.1, -0.05) is 19.9 Å². The zero-order valence-electron chi connectivity index (χ0n) is 18.0. The Hall–Kier alpha value is -2.87. The summed E-state index contributed by atoms with van der Waals surface area (Å²) >= 11 is 1.30. The molecule has 7 nitrogen and oxygen atoms in total. The number of thioether (sulfide) groups is 1. The smallest absolute Gasteiger partial charge is 0.269 e. The minimum atomic E-state index is -0.455. The van der Waals surface area contributed by atoms with E-state index >= 15 is 0 Å². The van der Waals surface area contributed by atoms with E-state index in [-0.39, 0.29) is 23.3 Å². The quantitative estimate of drug-likeness (QED) is 0.397. The summed E-state index contributed by atoms with van der Waals surface area (Å²) in [5.41, 5.74) is 2.09. The number of anilines is 1. The normalized spacial score (nSPS) is 18.5. The first-order valence-electron chi connectivity index (χ1n) is 10.3. The molecule has 0 aliphatic carbocycles. The molecule has 0 bridgehead atoms. The summed E-state index contributed by atoms with van der Waals surface area (Å²) in [5, 5.41) is 13.6. The van der Waals surface area contributed by atoms with Gasteiger partial charge in [-0.15, -0.1) is 11.8 Å². The van der Waals surface area contributed by atoms with Crippen molar-refractivity contribution in [3.05, 3.63) is 63.7 Å². The zero-order valence-corrected chi connectivity index (χ0v) is 18.8. The number of rotatable bonds is 6. The molecule has 2 aromatic carbocycles. The lowest BCUT2D eigenvalue weighted by Crippen LogP contribution is -2.42. The predicted molar refractivity (Wildman–Crippen MR) is 122 cm³/mol. The van der Waals surface area contributed by atoms with Crippen molar-refractivity contribution in [1.82, 2.24) is 4.90 Å². The Morgan fingerprint density at radius 3 is 2.39 bits per heavy atom. The molecule has 1 aliphatic rings. The fourth-order valence-electron chi connectivity index (χ4n) is 3.90. The lowest BCUT2D eigenvalue weighted by molar-refractivity contribution is -0.384. The Balaban J connectivity index is 1.62. The van der Waals surface area contributed by atoms with E-state index in [4.69, 9.17) is 0 Å². The van der Waals surface area contributed by atoms with Gasteiger partial charge >= 0.3 is 0 Å². The molecular weight excluding hydrogens is 414 g/mol. The molecule has 0 spiro atoms. The van der Waals surface area contributed by atoms with Gasteiger partial charge in [0.1, 0.15) is 0 Å². The number of carbonyl (C=O) groups is 2. The van der Waals surface area contributed by atoms with E-state index < -0.39 is 4.92 Å². The number of aryl methyl sites for hydroxylation is 1. The monoisotopic (exact) mass is 441 g/mol. The standard InChI is InChI=1S/C23H27N3O4S/c1-15-10-16(2)13-25(12-15)23(28)18-5-4-17(3)21(11-18)24-22(27)14-31-20-8-6-19(7-9-20)26(29)30/h4-9,11,15-16H,10,12-14H2,1-3H3,(H,24,27). The number of carbonyl (C=O) groups excluding carboxylic acids is 2. The fraction of sp³-hybridized carbons (Fsp3) is 0.391. The van der Waals surface area contributed by atoms with E-state index in [2.05, 4.69) is 19.2 Å². The van der Waals surface area contributed by atoms with Gasteiger partial charge in [-0.2, -0.15) is 0 Å². The molecule has 0 radical (unpaired) electrons. The van der Waals surface area contributed by atoms with Crippen LogP contribution in [0.5, 0.6) is 0 Å². The molecule has 1 heterocycles. The van der Waals surface area contributed by atoms with Gasteiger partial charge in [0.25, 0.3) is 11.6 Å². The fourth-order valence-corrected chi connectivity index (χ4v) is 4.60. The van der Waals surface area contributed by atoms with Crippen LogP contribution in [0.2, 0.25) is 0 Å². The summed E-state index contributed by atoms with van der Waals surface area (Å²) in [6, 6.07) is 11.5. The largest absolute Gasteiger partial charge is 0.338 e. The van der Waals surface area contributed by atoms with Crippen LogP contribution in [0.3, 0.4) is 0 Å². The first kappa shape index (κ1) is 22.8. The number of non-ortho nitro benzene ring substituents is 1. The topological polar surface area (TPSA) is 92.6 Å². The number of nitro groups is 1. The molecule has 0 aromatic heterocycles. The molecule has 1 fully saturated rings. The Morgan fingerprint density at radius 2 is 1.77 bits per heavy atom. The van der Waals surface area contributed by atoms with Crippen molar-refractivity contribution in [2.45, 2.75) is 32.1 Å². The molecule has 8 heteroatoms. The summed E-state index contributed by atoms with van der Waals surface area (Å²) in [6.07, 6.45) is 1.13. The van der Waals surface area contributed by atoms with Crippen LogP contribution < -0.4 is 5.32 Å². The summed E-state index contributed by atoms with van der Waals surface area (Å²) in [5.74, 6) is 0.921. The second-order valence-electron chi connectivity index (χ2n) is 8.27. The third-order valence-corrected chi connectivity index (χ3v) is 6.34. The molecule has 164 valence electrons. The molecule has 31 heavy (non-hydrogen) atoms. The van der Waals surface area contributed by atoms with E-state index in [1.807, 2.05) is 24.0 Å². The highest BCUT2D eigenvalue weighted by molar-refractivity contribution is 8.00. The SMILES string of the molecule is Cc1ccc(C(=O)N2CC(C)CC(C)C2)cc1NC(=O)CSc1ccc([N+](=O)[O-])cc1. The number of benzene rings is 2. The summed E-state index contributed by atoms with van der Waals surface area (Å²) in [6.45, 7) is 7.73. The van der Waals surface area contributed by atoms with E-state index in [0.29, 0.717) is 23.1 Å². The van der Waals surface area contributed by atoms with Gasteiger partial charge in [0.15, 0.2) is 0 Å². The number of likely N-dealkylation sites (tertiary alicyclic amines) is 1. The summed E-state index contributed by atoms with van der Waals surface area (Å²) in [7, 11) is 0. The number of hydrogen-bond acceptors (Lipinski definition) is 5. The van der Waals surface area contributed by atoms with Crippen molar-refractivity contribution in [3.63, 3.8) is 0 Å². The van der Waals surface area contributed by atoms with E-state index in [9.17, 15) is 19.7 Å². The van der Waals surface area contributed by atoms with Crippen LogP contribution >= 0.6 is 11.8 Å². The van der Waals surface area contributed by atoms with Crippen molar-refractivity contribution >= 4 is 35.0 Å². The third-order valence-electron chi connectivity index (χ3n) is 5.33. The predicted octanol–water partition coefficient (Wildman–Crippen LogP) is 4.75. The molecule has 2 unspecified atom stereocenters. The highest BCUT2D eigenvalue weighted by Gasteiger charge is 2.26. The minimum Gasteiger partial charge on any atom is -0.338 e. The van der Waals surface area contributed by atoms with E-state index in [1.54, 1.807) is 18.2 Å². The van der Waals surface area contributed by atoms with Crippen molar-refractivity contribution < 1.29 is 14.5 Å². The van der Waals surface area contributed by atoms with Crippen LogP contribution in [0.4, 0.5) is 11.4 Å². The van der Waals surface area contributed by atoms with Crippen molar-refractivity contribution in [2.75, 3.05) is 24.2 Å². The molecular formula is C23H27N3O4S. The van der Waals surface area contributed by atoms with Crippen LogP contribution in [0.1, 0.15) is 36.2 Å². The minimum absolute atomic E-state index is 0.00541. The van der Waals surface area contributed by atoms with Crippen LogP contribution in [0.25, 0.3) is 0 Å². The second kappa shape index (κ2) is 9.96. The molecule has 2 atom stereocenters. The second-order valence-corrected chi connectivity index (χ2v) is 9.32. The van der Waals surface area contributed by atoms with E-state index in [0.717, 1.165) is 30.0 Å². The Kier molecular flexibility index (Phi) is 7.33. The highest BCUT2D eigenvalue weighted by Crippen LogP contribution is 2.25. The number of amides is 2. The molecule has 2 aromatic rings. The number of nitro benzene ring substituents is 1. The van der Waals surface area contributed by atoms with Gasteiger partial charge in [-0.3, -0.25) is 19.7 Å². The van der Waals surface area contributed by atoms with Gasteiger partial charge in [-0.25, -0.2) is 0 Å². The Labute approximate surface area is 186 Å². The third kappa shape index (κ3) is 6.07. The first-order chi connectivity index (χ1) is 14.7. The van der Waals surface area contributed by atoms with Gasteiger partial charge in [-0.05, 0) is 55.0 Å². The Morgan fingerprint density at radius 1 is 1.13 bits per heavy atom. The molecule has 1 aliphatic heterocycles.